The largest absolute Gasteiger partial charge is 0.352 e. The maximum absolute atomic E-state index is 11.1. The third-order valence-electron chi connectivity index (χ3n) is 1.60. The maximum Gasteiger partial charge on any atom is 0.243 e. The van der Waals surface area contributed by atoms with E-state index in [1.165, 1.54) is 0 Å². The highest BCUT2D eigenvalue weighted by molar-refractivity contribution is 5.82. The summed E-state index contributed by atoms with van der Waals surface area (Å²) in [6.07, 6.45) is 3.88. The topological polar surface area (TPSA) is 64.9 Å². The Morgan fingerprint density at radius 1 is 1.73 bits per heavy atom. The van der Waals surface area contributed by atoms with Gasteiger partial charge in [0.1, 0.15) is 6.04 Å². The highest BCUT2D eigenvalue weighted by Gasteiger charge is 2.25. The normalized spacial score (nSPS) is 18.2. The van der Waals surface area contributed by atoms with Gasteiger partial charge in [0.25, 0.3) is 0 Å². The van der Waals surface area contributed by atoms with Crippen LogP contribution in [0.25, 0.3) is 0 Å². The first kappa shape index (κ1) is 7.86. The van der Waals surface area contributed by atoms with Crippen LogP contribution in [0.3, 0.4) is 0 Å². The smallest absolute Gasteiger partial charge is 0.243 e. The van der Waals surface area contributed by atoms with Gasteiger partial charge in [0.05, 0.1) is 0 Å². The Morgan fingerprint density at radius 2 is 2.36 bits per heavy atom. The summed E-state index contributed by atoms with van der Waals surface area (Å²) in [5, 5.41) is 13.4. The van der Waals surface area contributed by atoms with E-state index in [-0.39, 0.29) is 5.91 Å². The molecule has 4 nitrogen and oxygen atoms in total. The number of nitrogens with one attached hydrogen (secondary N) is 2. The zero-order valence-corrected chi connectivity index (χ0v) is 6.42. The van der Waals surface area contributed by atoms with Gasteiger partial charge in [-0.05, 0) is 19.8 Å². The van der Waals surface area contributed by atoms with Crippen LogP contribution in [0.5, 0.6) is 0 Å². The Balaban J connectivity index is 2.22. The van der Waals surface area contributed by atoms with Crippen LogP contribution in [0.15, 0.2) is 0 Å². The van der Waals surface area contributed by atoms with Crippen LogP contribution in [0, 0.1) is 11.5 Å². The van der Waals surface area contributed by atoms with Crippen LogP contribution in [0.4, 0.5) is 0 Å². The third-order valence-corrected chi connectivity index (χ3v) is 1.60. The SMILES string of the molecule is CC(NC#N)C(=O)NC1CC1. The summed E-state index contributed by atoms with van der Waals surface area (Å²) in [7, 11) is 0. The first-order chi connectivity index (χ1) is 5.24. The summed E-state index contributed by atoms with van der Waals surface area (Å²) >= 11 is 0. The van der Waals surface area contributed by atoms with Crippen molar-refractivity contribution in [2.24, 2.45) is 0 Å². The van der Waals surface area contributed by atoms with E-state index in [1.54, 1.807) is 13.1 Å². The molecule has 0 spiro atoms. The van der Waals surface area contributed by atoms with E-state index < -0.39 is 6.04 Å². The molecule has 0 heterocycles. The van der Waals surface area contributed by atoms with Gasteiger partial charge in [-0.2, -0.15) is 5.26 Å². The van der Waals surface area contributed by atoms with E-state index >= 15 is 0 Å². The van der Waals surface area contributed by atoms with Gasteiger partial charge in [-0.15, -0.1) is 0 Å². The molecule has 4 heteroatoms. The minimum atomic E-state index is -0.402. The highest BCUT2D eigenvalue weighted by Crippen LogP contribution is 2.18. The van der Waals surface area contributed by atoms with Crippen LogP contribution >= 0.6 is 0 Å². The van der Waals surface area contributed by atoms with Crippen LogP contribution in [0.1, 0.15) is 19.8 Å². The van der Waals surface area contributed by atoms with Crippen LogP contribution in [0.2, 0.25) is 0 Å². The van der Waals surface area contributed by atoms with Gasteiger partial charge in [0, 0.05) is 6.04 Å². The standard InChI is InChI=1S/C7H11N3O/c1-5(9-4-8)7(11)10-6-2-3-6/h5-6,9H,2-3H2,1H3,(H,10,11). The van der Waals surface area contributed by atoms with E-state index in [9.17, 15) is 4.79 Å². The van der Waals surface area contributed by atoms with Crippen molar-refractivity contribution in [2.75, 3.05) is 0 Å². The van der Waals surface area contributed by atoms with Gasteiger partial charge in [-0.1, -0.05) is 0 Å². The zero-order valence-electron chi connectivity index (χ0n) is 6.42. The molecule has 1 rings (SSSR count). The lowest BCUT2D eigenvalue weighted by Crippen LogP contribution is -2.41. The van der Waals surface area contributed by atoms with E-state index in [2.05, 4.69) is 10.6 Å². The molecule has 1 fully saturated rings. The number of amides is 1. The first-order valence-electron chi connectivity index (χ1n) is 3.69. The predicted molar refractivity (Wildman–Crippen MR) is 39.4 cm³/mol. The second-order valence-corrected chi connectivity index (χ2v) is 2.76. The van der Waals surface area contributed by atoms with Gasteiger partial charge in [-0.3, -0.25) is 4.79 Å². The molecule has 1 saturated carbocycles. The van der Waals surface area contributed by atoms with Crippen molar-refractivity contribution >= 4 is 5.91 Å². The Kier molecular flexibility index (Phi) is 2.32. The second-order valence-electron chi connectivity index (χ2n) is 2.76. The van der Waals surface area contributed by atoms with Crippen LogP contribution < -0.4 is 10.6 Å². The molecule has 1 unspecified atom stereocenters. The minimum Gasteiger partial charge on any atom is -0.352 e. The molecule has 0 aromatic carbocycles. The maximum atomic E-state index is 11.1. The fourth-order valence-corrected chi connectivity index (χ4v) is 0.716. The number of carbonyl (C=O) groups excluding carboxylic acids is 1. The van der Waals surface area contributed by atoms with Crippen molar-refractivity contribution in [1.82, 2.24) is 10.6 Å². The van der Waals surface area contributed by atoms with Crippen molar-refractivity contribution < 1.29 is 4.79 Å². The molecule has 1 aliphatic rings. The predicted octanol–water partition coefficient (Wildman–Crippen LogP) is -0.276. The van der Waals surface area contributed by atoms with Gasteiger partial charge in [-0.25, -0.2) is 0 Å². The van der Waals surface area contributed by atoms with Crippen molar-refractivity contribution in [2.45, 2.75) is 31.8 Å². The van der Waals surface area contributed by atoms with Crippen molar-refractivity contribution in [3.05, 3.63) is 0 Å². The lowest BCUT2D eigenvalue weighted by Gasteiger charge is -2.08. The summed E-state index contributed by atoms with van der Waals surface area (Å²) in [5.74, 6) is -0.0888. The van der Waals surface area contributed by atoms with Gasteiger partial charge < -0.3 is 10.6 Å². The molecule has 60 valence electrons. The highest BCUT2D eigenvalue weighted by atomic mass is 16.2. The van der Waals surface area contributed by atoms with E-state index in [0.717, 1.165) is 12.8 Å². The first-order valence-corrected chi connectivity index (χ1v) is 3.69. The number of hydrogen-bond acceptors (Lipinski definition) is 3. The lowest BCUT2D eigenvalue weighted by molar-refractivity contribution is -0.122. The van der Waals surface area contributed by atoms with Crippen LogP contribution in [-0.4, -0.2) is 18.0 Å². The van der Waals surface area contributed by atoms with Crippen LogP contribution in [-0.2, 0) is 4.79 Å². The quantitative estimate of drug-likeness (QED) is 0.433. The number of nitriles is 1. The summed E-state index contributed by atoms with van der Waals surface area (Å²) < 4.78 is 0. The summed E-state index contributed by atoms with van der Waals surface area (Å²) in [5.41, 5.74) is 0. The molecule has 1 aliphatic carbocycles. The average Bonchev–Trinajstić information content (AvgIpc) is 2.72. The molecule has 1 amide bonds. The monoisotopic (exact) mass is 153 g/mol. The van der Waals surface area contributed by atoms with Crippen molar-refractivity contribution in [3.63, 3.8) is 0 Å². The molecular weight excluding hydrogens is 142 g/mol. The number of carbonyl (C=O) groups is 1. The number of hydrogen-bond donors (Lipinski definition) is 2. The Labute approximate surface area is 65.6 Å². The van der Waals surface area contributed by atoms with Gasteiger partial charge >= 0.3 is 0 Å². The van der Waals surface area contributed by atoms with Crippen molar-refractivity contribution in [1.29, 1.82) is 5.26 Å². The summed E-state index contributed by atoms with van der Waals surface area (Å²) in [6, 6.07) is -0.0361. The van der Waals surface area contributed by atoms with E-state index in [1.807, 2.05) is 0 Å². The fourth-order valence-electron chi connectivity index (χ4n) is 0.716. The molecule has 0 saturated heterocycles. The number of rotatable bonds is 3. The molecule has 2 N–H and O–H groups in total. The van der Waals surface area contributed by atoms with E-state index in [0.29, 0.717) is 6.04 Å². The summed E-state index contributed by atoms with van der Waals surface area (Å²) in [6.45, 7) is 1.67. The Bertz CT molecular complexity index is 192. The zero-order chi connectivity index (χ0) is 8.27. The molecule has 0 aromatic heterocycles. The molecule has 0 aliphatic heterocycles. The second kappa shape index (κ2) is 3.24. The molecule has 0 aromatic rings. The molecule has 0 radical (unpaired) electrons. The third kappa shape index (κ3) is 2.46. The van der Waals surface area contributed by atoms with E-state index in [4.69, 9.17) is 5.26 Å². The Hall–Kier alpha value is -1.24. The lowest BCUT2D eigenvalue weighted by atomic mass is 10.3. The molecule has 0 bridgehead atoms. The fraction of sp³-hybridized carbons (Fsp3) is 0.714. The van der Waals surface area contributed by atoms with Gasteiger partial charge in [0.15, 0.2) is 6.19 Å². The number of nitrogens with zero attached hydrogens (tertiary/aromatic N) is 1. The summed E-state index contributed by atoms with van der Waals surface area (Å²) in [4.78, 5) is 11.1. The molecule has 1 atom stereocenters. The molecule has 11 heavy (non-hydrogen) atoms. The molecular formula is C7H11N3O. The van der Waals surface area contributed by atoms with Gasteiger partial charge in [0.2, 0.25) is 5.91 Å². The van der Waals surface area contributed by atoms with Crippen molar-refractivity contribution in [3.8, 4) is 6.19 Å². The average molecular weight is 153 g/mol. The Morgan fingerprint density at radius 3 is 2.82 bits per heavy atom. The minimum absolute atomic E-state index is 0.0888.